The zero-order valence-electron chi connectivity index (χ0n) is 12.0. The van der Waals surface area contributed by atoms with Crippen molar-refractivity contribution in [3.8, 4) is 0 Å². The Bertz CT molecular complexity index is 314. The smallest absolute Gasteiger partial charge is 0.311 e. The minimum absolute atomic E-state index is 0.0283. The maximum Gasteiger partial charge on any atom is 0.311 e. The van der Waals surface area contributed by atoms with Crippen molar-refractivity contribution < 1.29 is 14.7 Å². The van der Waals surface area contributed by atoms with E-state index >= 15 is 0 Å². The maximum atomic E-state index is 11.8. The van der Waals surface area contributed by atoms with Gasteiger partial charge in [0, 0.05) is 13.0 Å². The van der Waals surface area contributed by atoms with Crippen LogP contribution in [-0.2, 0) is 9.59 Å². The molecule has 0 saturated carbocycles. The van der Waals surface area contributed by atoms with Gasteiger partial charge in [-0.1, -0.05) is 6.92 Å². The lowest BCUT2D eigenvalue weighted by atomic mass is 9.87. The largest absolute Gasteiger partial charge is 0.481 e. The van der Waals surface area contributed by atoms with Gasteiger partial charge in [0.2, 0.25) is 5.91 Å². The SMILES string of the molecule is CCC(C)(CNC(=O)CCC1CCNCC1)C(=O)O. The monoisotopic (exact) mass is 270 g/mol. The fourth-order valence-electron chi connectivity index (χ4n) is 2.24. The molecule has 0 radical (unpaired) electrons. The number of nitrogens with one attached hydrogen (secondary N) is 2. The Labute approximate surface area is 115 Å². The van der Waals surface area contributed by atoms with E-state index in [2.05, 4.69) is 10.6 Å². The minimum Gasteiger partial charge on any atom is -0.481 e. The minimum atomic E-state index is -0.857. The summed E-state index contributed by atoms with van der Waals surface area (Å²) in [7, 11) is 0. The molecule has 1 unspecified atom stereocenters. The van der Waals surface area contributed by atoms with Gasteiger partial charge in [-0.2, -0.15) is 0 Å². The zero-order valence-corrected chi connectivity index (χ0v) is 12.0. The van der Waals surface area contributed by atoms with E-state index in [1.807, 2.05) is 6.92 Å². The molecule has 5 heteroatoms. The second kappa shape index (κ2) is 7.48. The van der Waals surface area contributed by atoms with Crippen molar-refractivity contribution >= 4 is 11.9 Å². The second-order valence-corrected chi connectivity index (χ2v) is 5.73. The lowest BCUT2D eigenvalue weighted by Gasteiger charge is -2.24. The zero-order chi connectivity index (χ0) is 14.3. The molecule has 1 aliphatic rings. The van der Waals surface area contributed by atoms with Gasteiger partial charge in [0.05, 0.1) is 5.41 Å². The van der Waals surface area contributed by atoms with Gasteiger partial charge in [-0.05, 0) is 51.6 Å². The summed E-state index contributed by atoms with van der Waals surface area (Å²) < 4.78 is 0. The summed E-state index contributed by atoms with van der Waals surface area (Å²) in [6.07, 6.45) is 4.19. The maximum absolute atomic E-state index is 11.8. The van der Waals surface area contributed by atoms with Crippen molar-refractivity contribution in [2.75, 3.05) is 19.6 Å². The van der Waals surface area contributed by atoms with Gasteiger partial charge in [0.15, 0.2) is 0 Å². The van der Waals surface area contributed by atoms with Gasteiger partial charge in [0.25, 0.3) is 0 Å². The number of carboxylic acids is 1. The van der Waals surface area contributed by atoms with Gasteiger partial charge in [-0.15, -0.1) is 0 Å². The molecular formula is C14H26N2O3. The van der Waals surface area contributed by atoms with Gasteiger partial charge in [-0.3, -0.25) is 9.59 Å². The molecule has 0 aromatic heterocycles. The third-order valence-electron chi connectivity index (χ3n) is 4.21. The van der Waals surface area contributed by atoms with Crippen LogP contribution in [0.3, 0.4) is 0 Å². The number of carbonyl (C=O) groups is 2. The Hall–Kier alpha value is -1.10. The predicted molar refractivity (Wildman–Crippen MR) is 73.9 cm³/mol. The first-order chi connectivity index (χ1) is 8.98. The Balaban J connectivity index is 2.25. The molecule has 0 bridgehead atoms. The lowest BCUT2D eigenvalue weighted by molar-refractivity contribution is -0.148. The Morgan fingerprint density at radius 1 is 1.37 bits per heavy atom. The van der Waals surface area contributed by atoms with E-state index in [0.717, 1.165) is 32.4 Å². The van der Waals surface area contributed by atoms with Crippen LogP contribution in [0, 0.1) is 11.3 Å². The van der Waals surface area contributed by atoms with Crippen LogP contribution in [0.1, 0.15) is 46.0 Å². The van der Waals surface area contributed by atoms with Crippen molar-refractivity contribution in [2.24, 2.45) is 11.3 Å². The summed E-state index contributed by atoms with van der Waals surface area (Å²) in [4.78, 5) is 22.9. The van der Waals surface area contributed by atoms with E-state index in [9.17, 15) is 9.59 Å². The third-order valence-corrected chi connectivity index (χ3v) is 4.21. The summed E-state index contributed by atoms with van der Waals surface area (Å²) >= 11 is 0. The summed E-state index contributed by atoms with van der Waals surface area (Å²) in [5, 5.41) is 15.2. The number of amides is 1. The number of aliphatic carboxylic acids is 1. The van der Waals surface area contributed by atoms with Crippen LogP contribution >= 0.6 is 0 Å². The average Bonchev–Trinajstić information content (AvgIpc) is 2.43. The van der Waals surface area contributed by atoms with Gasteiger partial charge < -0.3 is 15.7 Å². The summed E-state index contributed by atoms with van der Waals surface area (Å²) in [5.74, 6) is -0.253. The fourth-order valence-corrected chi connectivity index (χ4v) is 2.24. The van der Waals surface area contributed by atoms with E-state index in [0.29, 0.717) is 18.8 Å². The number of piperidine rings is 1. The summed E-state index contributed by atoms with van der Waals surface area (Å²) in [6.45, 7) is 5.79. The number of carbonyl (C=O) groups excluding carboxylic acids is 1. The molecule has 0 aromatic rings. The number of hydrogen-bond acceptors (Lipinski definition) is 3. The highest BCUT2D eigenvalue weighted by atomic mass is 16.4. The Kier molecular flexibility index (Phi) is 6.28. The molecule has 1 amide bonds. The molecule has 1 saturated heterocycles. The molecular weight excluding hydrogens is 244 g/mol. The second-order valence-electron chi connectivity index (χ2n) is 5.73. The van der Waals surface area contributed by atoms with Crippen LogP contribution in [0.2, 0.25) is 0 Å². The molecule has 0 aromatic carbocycles. The highest BCUT2D eigenvalue weighted by Crippen LogP contribution is 2.20. The van der Waals surface area contributed by atoms with E-state index in [1.54, 1.807) is 6.92 Å². The lowest BCUT2D eigenvalue weighted by Crippen LogP contribution is -2.40. The van der Waals surface area contributed by atoms with Crippen molar-refractivity contribution in [3.05, 3.63) is 0 Å². The molecule has 110 valence electrons. The molecule has 0 aliphatic carbocycles. The first kappa shape index (κ1) is 16.0. The van der Waals surface area contributed by atoms with Crippen molar-refractivity contribution in [3.63, 3.8) is 0 Å². The van der Waals surface area contributed by atoms with E-state index in [-0.39, 0.29) is 12.5 Å². The number of rotatable bonds is 7. The molecule has 0 spiro atoms. The standard InChI is InChI=1S/C14H26N2O3/c1-3-14(2,13(18)19)10-16-12(17)5-4-11-6-8-15-9-7-11/h11,15H,3-10H2,1-2H3,(H,16,17)(H,18,19). The highest BCUT2D eigenvalue weighted by Gasteiger charge is 2.31. The normalized spacial score (nSPS) is 19.7. The highest BCUT2D eigenvalue weighted by molar-refractivity contribution is 5.78. The number of carboxylic acid groups (broad SMARTS) is 1. The Morgan fingerprint density at radius 3 is 2.53 bits per heavy atom. The van der Waals surface area contributed by atoms with Crippen molar-refractivity contribution in [1.82, 2.24) is 10.6 Å². The quantitative estimate of drug-likeness (QED) is 0.653. The molecule has 5 nitrogen and oxygen atoms in total. The molecule has 1 fully saturated rings. The summed E-state index contributed by atoms with van der Waals surface area (Å²) in [5.41, 5.74) is -0.857. The third kappa shape index (κ3) is 5.19. The number of hydrogen-bond donors (Lipinski definition) is 3. The van der Waals surface area contributed by atoms with Crippen LogP contribution in [0.25, 0.3) is 0 Å². The molecule has 1 atom stereocenters. The summed E-state index contributed by atoms with van der Waals surface area (Å²) in [6, 6.07) is 0. The van der Waals surface area contributed by atoms with Crippen LogP contribution in [0.15, 0.2) is 0 Å². The first-order valence-electron chi connectivity index (χ1n) is 7.19. The fraction of sp³-hybridized carbons (Fsp3) is 0.857. The van der Waals surface area contributed by atoms with E-state index < -0.39 is 11.4 Å². The van der Waals surface area contributed by atoms with Gasteiger partial charge >= 0.3 is 5.97 Å². The average molecular weight is 270 g/mol. The van der Waals surface area contributed by atoms with Gasteiger partial charge in [0.1, 0.15) is 0 Å². The molecule has 1 aliphatic heterocycles. The molecule has 3 N–H and O–H groups in total. The van der Waals surface area contributed by atoms with Crippen molar-refractivity contribution in [2.45, 2.75) is 46.0 Å². The van der Waals surface area contributed by atoms with Crippen LogP contribution in [0.4, 0.5) is 0 Å². The van der Waals surface area contributed by atoms with Crippen LogP contribution in [-0.4, -0.2) is 36.6 Å². The molecule has 1 heterocycles. The van der Waals surface area contributed by atoms with Crippen LogP contribution < -0.4 is 10.6 Å². The Morgan fingerprint density at radius 2 is 2.00 bits per heavy atom. The van der Waals surface area contributed by atoms with E-state index in [4.69, 9.17) is 5.11 Å². The van der Waals surface area contributed by atoms with Gasteiger partial charge in [-0.25, -0.2) is 0 Å². The van der Waals surface area contributed by atoms with E-state index in [1.165, 1.54) is 0 Å². The molecule has 19 heavy (non-hydrogen) atoms. The topological polar surface area (TPSA) is 78.4 Å². The predicted octanol–water partition coefficient (Wildman–Crippen LogP) is 1.38. The van der Waals surface area contributed by atoms with Crippen molar-refractivity contribution in [1.29, 1.82) is 0 Å². The molecule has 1 rings (SSSR count). The first-order valence-corrected chi connectivity index (χ1v) is 7.19. The van der Waals surface area contributed by atoms with Crippen LogP contribution in [0.5, 0.6) is 0 Å².